The highest BCUT2D eigenvalue weighted by Gasteiger charge is 2.26. The highest BCUT2D eigenvalue weighted by molar-refractivity contribution is 5.95. The Morgan fingerprint density at radius 3 is 2.31 bits per heavy atom. The van der Waals surface area contributed by atoms with Crippen LogP contribution in [-0.4, -0.2) is 33.4 Å². The maximum absolute atomic E-state index is 13.0. The Hall–Kier alpha value is -2.08. The molecule has 5 rings (SSSR count). The van der Waals surface area contributed by atoms with E-state index in [9.17, 15) is 4.79 Å². The zero-order chi connectivity index (χ0) is 21.9. The summed E-state index contributed by atoms with van der Waals surface area (Å²) in [7, 11) is 0. The molecule has 0 spiro atoms. The smallest absolute Gasteiger partial charge is 0.251 e. The number of imidazole rings is 1. The van der Waals surface area contributed by atoms with Gasteiger partial charge in [0.15, 0.2) is 0 Å². The van der Waals surface area contributed by atoms with E-state index in [2.05, 4.69) is 15.0 Å². The molecule has 0 saturated heterocycles. The number of hydrogen-bond donors (Lipinski definition) is 3. The second-order valence-corrected chi connectivity index (χ2v) is 10.4. The third-order valence-corrected chi connectivity index (χ3v) is 7.96. The van der Waals surface area contributed by atoms with Gasteiger partial charge in [0.1, 0.15) is 11.5 Å². The number of fused-ring (bicyclic) bond motifs is 1. The highest BCUT2D eigenvalue weighted by atomic mass is 16.1. The van der Waals surface area contributed by atoms with Gasteiger partial charge in [0.05, 0.1) is 5.69 Å². The zero-order valence-corrected chi connectivity index (χ0v) is 19.3. The van der Waals surface area contributed by atoms with E-state index >= 15 is 0 Å². The van der Waals surface area contributed by atoms with Crippen LogP contribution in [0.4, 0.5) is 5.82 Å². The minimum Gasteiger partial charge on any atom is -0.367 e. The molecule has 3 fully saturated rings. The molecule has 0 unspecified atom stereocenters. The van der Waals surface area contributed by atoms with Crippen LogP contribution >= 0.6 is 0 Å². The largest absolute Gasteiger partial charge is 0.367 e. The first-order valence-electron chi connectivity index (χ1n) is 13.0. The molecule has 3 aliphatic carbocycles. The van der Waals surface area contributed by atoms with E-state index in [4.69, 9.17) is 10.7 Å². The van der Waals surface area contributed by atoms with E-state index in [0.29, 0.717) is 17.5 Å². The fourth-order valence-corrected chi connectivity index (χ4v) is 5.98. The molecular weight excluding hydrogens is 398 g/mol. The monoisotopic (exact) mass is 437 g/mol. The van der Waals surface area contributed by atoms with Crippen molar-refractivity contribution in [1.82, 2.24) is 14.7 Å². The van der Waals surface area contributed by atoms with Gasteiger partial charge < -0.3 is 16.4 Å². The van der Waals surface area contributed by atoms with Crippen molar-refractivity contribution in [2.45, 2.75) is 114 Å². The number of anilines is 1. The third-order valence-electron chi connectivity index (χ3n) is 7.96. The normalized spacial score (nSPS) is 25.7. The van der Waals surface area contributed by atoms with Crippen molar-refractivity contribution >= 4 is 17.4 Å². The summed E-state index contributed by atoms with van der Waals surface area (Å²) in [5.74, 6) is 1.71. The topological polar surface area (TPSA) is 84.5 Å². The third kappa shape index (κ3) is 4.80. The van der Waals surface area contributed by atoms with Gasteiger partial charge in [-0.1, -0.05) is 38.5 Å². The quantitative estimate of drug-likeness (QED) is 0.606. The van der Waals surface area contributed by atoms with Gasteiger partial charge in [-0.25, -0.2) is 4.98 Å². The summed E-state index contributed by atoms with van der Waals surface area (Å²) in [6.45, 7) is 0. The van der Waals surface area contributed by atoms with Crippen molar-refractivity contribution < 1.29 is 4.79 Å². The average Bonchev–Trinajstić information content (AvgIpc) is 3.19. The van der Waals surface area contributed by atoms with Crippen molar-refractivity contribution in [3.63, 3.8) is 0 Å². The molecule has 2 heterocycles. The number of amides is 1. The molecule has 0 aromatic carbocycles. The molecule has 0 bridgehead atoms. The lowest BCUT2D eigenvalue weighted by molar-refractivity contribution is 0.0926. The van der Waals surface area contributed by atoms with Crippen LogP contribution in [0.2, 0.25) is 0 Å². The maximum Gasteiger partial charge on any atom is 0.251 e. The number of carbonyl (C=O) groups excluding carboxylic acids is 1. The Morgan fingerprint density at radius 2 is 1.59 bits per heavy atom. The Kier molecular flexibility index (Phi) is 6.67. The van der Waals surface area contributed by atoms with Crippen LogP contribution in [-0.2, 0) is 0 Å². The molecule has 3 saturated carbocycles. The summed E-state index contributed by atoms with van der Waals surface area (Å²) < 4.78 is 2.19. The van der Waals surface area contributed by atoms with Gasteiger partial charge in [-0.05, 0) is 63.5 Å². The number of pyridine rings is 1. The molecule has 0 aliphatic heterocycles. The summed E-state index contributed by atoms with van der Waals surface area (Å²) in [6.07, 6.45) is 18.8. The number of nitrogens with one attached hydrogen (secondary N) is 2. The van der Waals surface area contributed by atoms with E-state index in [1.54, 1.807) is 0 Å². The van der Waals surface area contributed by atoms with E-state index < -0.39 is 0 Å². The highest BCUT2D eigenvalue weighted by Crippen LogP contribution is 2.37. The van der Waals surface area contributed by atoms with Crippen LogP contribution in [0.5, 0.6) is 0 Å². The minimum atomic E-state index is 0.0111. The second kappa shape index (κ2) is 9.82. The summed E-state index contributed by atoms with van der Waals surface area (Å²) in [4.78, 5) is 18.1. The Labute approximate surface area is 191 Å². The number of nitrogens with zero attached hydrogens (tertiary/aromatic N) is 2. The molecule has 6 heteroatoms. The Balaban J connectivity index is 1.40. The van der Waals surface area contributed by atoms with Crippen LogP contribution in [0.15, 0.2) is 18.3 Å². The van der Waals surface area contributed by atoms with E-state index in [1.807, 2.05) is 18.3 Å². The van der Waals surface area contributed by atoms with Crippen LogP contribution < -0.4 is 16.4 Å². The molecular formula is C26H39N5O. The standard InChI is InChI=1S/C26H39N5O/c27-20-11-13-22(14-12-20)29-26(32)19-15-16-31-23(17-19)30-24(18-7-3-1-4-8-18)25(31)28-21-9-5-2-6-10-21/h15-18,20-22,28H,1-14,27H2,(H,29,32). The van der Waals surface area contributed by atoms with Crippen LogP contribution in [0.3, 0.4) is 0 Å². The van der Waals surface area contributed by atoms with Crippen molar-refractivity contribution in [1.29, 1.82) is 0 Å². The molecule has 6 nitrogen and oxygen atoms in total. The van der Waals surface area contributed by atoms with Gasteiger partial charge in [0.25, 0.3) is 5.91 Å². The van der Waals surface area contributed by atoms with Crippen LogP contribution in [0.1, 0.15) is 112 Å². The van der Waals surface area contributed by atoms with Gasteiger partial charge in [0, 0.05) is 35.8 Å². The van der Waals surface area contributed by atoms with Gasteiger partial charge in [0.2, 0.25) is 0 Å². The molecule has 1 amide bonds. The van der Waals surface area contributed by atoms with Crippen molar-refractivity contribution in [3.8, 4) is 0 Å². The number of rotatable bonds is 5. The zero-order valence-electron chi connectivity index (χ0n) is 19.3. The fraction of sp³-hybridized carbons (Fsp3) is 0.692. The summed E-state index contributed by atoms with van der Waals surface area (Å²) >= 11 is 0. The lowest BCUT2D eigenvalue weighted by atomic mass is 9.86. The molecule has 2 aromatic rings. The summed E-state index contributed by atoms with van der Waals surface area (Å²) in [5, 5.41) is 7.10. The first kappa shape index (κ1) is 21.7. The second-order valence-electron chi connectivity index (χ2n) is 10.4. The van der Waals surface area contributed by atoms with Gasteiger partial charge >= 0.3 is 0 Å². The van der Waals surface area contributed by atoms with Crippen LogP contribution in [0.25, 0.3) is 5.65 Å². The van der Waals surface area contributed by atoms with Gasteiger partial charge in [-0.15, -0.1) is 0 Å². The first-order valence-corrected chi connectivity index (χ1v) is 13.0. The van der Waals surface area contributed by atoms with Crippen molar-refractivity contribution in [2.75, 3.05) is 5.32 Å². The Bertz CT molecular complexity index is 918. The summed E-state index contributed by atoms with van der Waals surface area (Å²) in [6, 6.07) is 4.99. The SMILES string of the molecule is NC1CCC(NC(=O)c2ccn3c(NC4CCCCC4)c(C4CCCCC4)nc3c2)CC1. The van der Waals surface area contributed by atoms with E-state index in [-0.39, 0.29) is 18.0 Å². The molecule has 4 N–H and O–H groups in total. The number of nitrogens with two attached hydrogens (primary N) is 1. The Morgan fingerprint density at radius 1 is 0.906 bits per heavy atom. The van der Waals surface area contributed by atoms with Gasteiger partial charge in [-0.2, -0.15) is 0 Å². The number of aromatic nitrogens is 2. The fourth-order valence-electron chi connectivity index (χ4n) is 5.98. The maximum atomic E-state index is 13.0. The molecule has 3 aliphatic rings. The lowest BCUT2D eigenvalue weighted by Gasteiger charge is -2.27. The molecule has 0 atom stereocenters. The molecule has 0 radical (unpaired) electrons. The minimum absolute atomic E-state index is 0.0111. The molecule has 2 aromatic heterocycles. The number of carbonyl (C=O) groups is 1. The predicted octanol–water partition coefficient (Wildman–Crippen LogP) is 5.13. The lowest BCUT2D eigenvalue weighted by Crippen LogP contribution is -2.40. The van der Waals surface area contributed by atoms with Gasteiger partial charge in [-0.3, -0.25) is 9.20 Å². The van der Waals surface area contributed by atoms with E-state index in [1.165, 1.54) is 75.7 Å². The average molecular weight is 438 g/mol. The predicted molar refractivity (Wildman–Crippen MR) is 129 cm³/mol. The molecule has 32 heavy (non-hydrogen) atoms. The van der Waals surface area contributed by atoms with E-state index in [0.717, 1.165) is 31.3 Å². The summed E-state index contributed by atoms with van der Waals surface area (Å²) in [5.41, 5.74) is 8.83. The van der Waals surface area contributed by atoms with Crippen LogP contribution in [0, 0.1) is 0 Å². The van der Waals surface area contributed by atoms with Crippen molar-refractivity contribution in [3.05, 3.63) is 29.6 Å². The molecule has 174 valence electrons. The number of hydrogen-bond acceptors (Lipinski definition) is 4. The van der Waals surface area contributed by atoms with Crippen molar-refractivity contribution in [2.24, 2.45) is 5.73 Å². The first-order chi connectivity index (χ1) is 15.7.